The minimum atomic E-state index is -0.698. The van der Waals surface area contributed by atoms with Crippen molar-refractivity contribution >= 4 is 38.9 Å². The lowest BCUT2D eigenvalue weighted by Gasteiger charge is -2.36. The van der Waals surface area contributed by atoms with Crippen molar-refractivity contribution in [2.75, 3.05) is 0 Å². The summed E-state index contributed by atoms with van der Waals surface area (Å²) >= 11 is 10.9. The monoisotopic (exact) mass is 294 g/mol. The summed E-state index contributed by atoms with van der Waals surface area (Å²) in [6.07, 6.45) is 4.15. The maximum Gasteiger partial charge on any atom is 0.111 e. The van der Waals surface area contributed by atoms with E-state index in [1.807, 2.05) is 12.1 Å². The topological polar surface area (TPSA) is 20.2 Å². The van der Waals surface area contributed by atoms with E-state index in [2.05, 4.69) is 15.9 Å². The van der Waals surface area contributed by atoms with Gasteiger partial charge in [0.05, 0.1) is 4.34 Å². The van der Waals surface area contributed by atoms with E-state index >= 15 is 0 Å². The van der Waals surface area contributed by atoms with E-state index in [4.69, 9.17) is 11.6 Å². The van der Waals surface area contributed by atoms with Crippen LogP contribution in [0.25, 0.3) is 0 Å². The van der Waals surface area contributed by atoms with E-state index in [1.165, 1.54) is 17.8 Å². The molecule has 2 atom stereocenters. The molecular formula is C10H12BrClOS. The van der Waals surface area contributed by atoms with Crippen LogP contribution in [0.1, 0.15) is 30.6 Å². The normalized spacial score (nSPS) is 33.2. The first kappa shape index (κ1) is 10.9. The van der Waals surface area contributed by atoms with Crippen LogP contribution in [0.4, 0.5) is 0 Å². The number of rotatable bonds is 1. The van der Waals surface area contributed by atoms with Crippen LogP contribution in [0.15, 0.2) is 12.1 Å². The molecule has 0 unspecified atom stereocenters. The first-order chi connectivity index (χ1) is 6.63. The first-order valence-corrected chi connectivity index (χ1v) is 6.86. The van der Waals surface area contributed by atoms with Gasteiger partial charge in [0, 0.05) is 9.70 Å². The van der Waals surface area contributed by atoms with Crippen LogP contribution in [0.2, 0.25) is 4.34 Å². The zero-order chi connectivity index (χ0) is 10.2. The fraction of sp³-hybridized carbons (Fsp3) is 0.600. The average Bonchev–Trinajstić information content (AvgIpc) is 2.58. The molecule has 14 heavy (non-hydrogen) atoms. The van der Waals surface area contributed by atoms with Crippen molar-refractivity contribution < 1.29 is 5.11 Å². The molecule has 1 aromatic heterocycles. The van der Waals surface area contributed by atoms with E-state index in [9.17, 15) is 5.11 Å². The molecule has 1 saturated carbocycles. The molecule has 1 aliphatic carbocycles. The van der Waals surface area contributed by atoms with Crippen LogP contribution in [0.5, 0.6) is 0 Å². The third-order valence-corrected chi connectivity index (χ3v) is 5.40. The van der Waals surface area contributed by atoms with Crippen LogP contribution in [-0.2, 0) is 5.60 Å². The maximum atomic E-state index is 10.5. The van der Waals surface area contributed by atoms with Gasteiger partial charge < -0.3 is 5.11 Å². The minimum absolute atomic E-state index is 0.165. The second-order valence-corrected chi connectivity index (χ2v) is 6.56. The number of alkyl halides is 1. The van der Waals surface area contributed by atoms with Gasteiger partial charge in [-0.15, -0.1) is 11.3 Å². The van der Waals surface area contributed by atoms with E-state index in [-0.39, 0.29) is 4.83 Å². The van der Waals surface area contributed by atoms with Crippen LogP contribution >= 0.6 is 38.9 Å². The molecular weight excluding hydrogens is 284 g/mol. The van der Waals surface area contributed by atoms with Gasteiger partial charge in [-0.1, -0.05) is 40.4 Å². The summed E-state index contributed by atoms with van der Waals surface area (Å²) in [5, 5.41) is 10.5. The van der Waals surface area contributed by atoms with Gasteiger partial charge in [-0.05, 0) is 25.0 Å². The number of aliphatic hydroxyl groups is 1. The Hall–Kier alpha value is 0.430. The summed E-state index contributed by atoms with van der Waals surface area (Å²) in [5.74, 6) is 0. The molecule has 0 aliphatic heterocycles. The largest absolute Gasteiger partial charge is 0.383 e. The zero-order valence-corrected chi connectivity index (χ0v) is 10.8. The van der Waals surface area contributed by atoms with Gasteiger partial charge in [-0.25, -0.2) is 0 Å². The van der Waals surface area contributed by atoms with Crippen molar-refractivity contribution in [2.24, 2.45) is 0 Å². The van der Waals surface area contributed by atoms with Gasteiger partial charge in [0.1, 0.15) is 5.60 Å². The second kappa shape index (κ2) is 4.12. The van der Waals surface area contributed by atoms with Crippen molar-refractivity contribution in [3.05, 3.63) is 21.3 Å². The Morgan fingerprint density at radius 3 is 2.86 bits per heavy atom. The molecule has 0 aromatic carbocycles. The summed E-state index contributed by atoms with van der Waals surface area (Å²) in [5.41, 5.74) is -0.698. The van der Waals surface area contributed by atoms with E-state index in [1.54, 1.807) is 0 Å². The maximum absolute atomic E-state index is 10.5. The number of thiophene rings is 1. The van der Waals surface area contributed by atoms with E-state index in [0.29, 0.717) is 0 Å². The Bertz CT molecular complexity index is 328. The summed E-state index contributed by atoms with van der Waals surface area (Å²) < 4.78 is 0.749. The second-order valence-electron chi connectivity index (χ2n) is 3.74. The quantitative estimate of drug-likeness (QED) is 0.778. The highest BCUT2D eigenvalue weighted by Crippen LogP contribution is 2.44. The molecule has 0 bridgehead atoms. The molecule has 1 N–H and O–H groups in total. The SMILES string of the molecule is O[C@]1(c2ccc(Cl)s2)CCCC[C@@H]1Br. The Balaban J connectivity index is 2.29. The van der Waals surface area contributed by atoms with Crippen molar-refractivity contribution in [3.8, 4) is 0 Å². The van der Waals surface area contributed by atoms with Gasteiger partial charge in [0.25, 0.3) is 0 Å². The molecule has 0 radical (unpaired) electrons. The van der Waals surface area contributed by atoms with E-state index in [0.717, 1.165) is 28.5 Å². The summed E-state index contributed by atoms with van der Waals surface area (Å²) in [7, 11) is 0. The lowest BCUT2D eigenvalue weighted by molar-refractivity contribution is 0.0117. The number of hydrogen-bond acceptors (Lipinski definition) is 2. The molecule has 4 heteroatoms. The number of halogens is 2. The van der Waals surface area contributed by atoms with Crippen molar-refractivity contribution in [3.63, 3.8) is 0 Å². The predicted molar refractivity (Wildman–Crippen MR) is 64.4 cm³/mol. The highest BCUT2D eigenvalue weighted by molar-refractivity contribution is 9.09. The Morgan fingerprint density at radius 1 is 1.50 bits per heavy atom. The molecule has 0 saturated heterocycles. The van der Waals surface area contributed by atoms with Gasteiger partial charge in [-0.3, -0.25) is 0 Å². The summed E-state index contributed by atoms with van der Waals surface area (Å²) in [4.78, 5) is 1.16. The summed E-state index contributed by atoms with van der Waals surface area (Å²) in [6.45, 7) is 0. The predicted octanol–water partition coefficient (Wildman–Crippen LogP) is 3.93. The smallest absolute Gasteiger partial charge is 0.111 e. The molecule has 2 rings (SSSR count). The Morgan fingerprint density at radius 2 is 2.29 bits per heavy atom. The molecule has 0 spiro atoms. The third kappa shape index (κ3) is 1.87. The third-order valence-electron chi connectivity index (χ3n) is 2.78. The highest BCUT2D eigenvalue weighted by Gasteiger charge is 2.39. The van der Waals surface area contributed by atoms with Gasteiger partial charge in [-0.2, -0.15) is 0 Å². The number of hydrogen-bond donors (Lipinski definition) is 1. The Labute approximate surface area is 101 Å². The molecule has 1 nitrogen and oxygen atoms in total. The zero-order valence-electron chi connectivity index (χ0n) is 7.67. The van der Waals surface area contributed by atoms with Crippen molar-refractivity contribution in [2.45, 2.75) is 36.1 Å². The lowest BCUT2D eigenvalue weighted by atomic mass is 9.84. The summed E-state index contributed by atoms with van der Waals surface area (Å²) in [6, 6.07) is 3.79. The lowest BCUT2D eigenvalue weighted by Crippen LogP contribution is -2.37. The molecule has 1 aromatic rings. The van der Waals surface area contributed by atoms with Crippen LogP contribution in [-0.4, -0.2) is 9.93 Å². The van der Waals surface area contributed by atoms with Crippen LogP contribution < -0.4 is 0 Å². The van der Waals surface area contributed by atoms with E-state index < -0.39 is 5.60 Å². The van der Waals surface area contributed by atoms with Gasteiger partial charge >= 0.3 is 0 Å². The standard InChI is InChI=1S/C10H12BrClOS/c11-7-3-1-2-6-10(7,13)8-4-5-9(12)14-8/h4-5,7,13H,1-3,6H2/t7-,10+/m0/s1. The fourth-order valence-electron chi connectivity index (χ4n) is 1.94. The Kier molecular flexibility index (Phi) is 3.22. The molecule has 0 amide bonds. The minimum Gasteiger partial charge on any atom is -0.383 e. The first-order valence-electron chi connectivity index (χ1n) is 4.75. The van der Waals surface area contributed by atoms with Gasteiger partial charge in [0.2, 0.25) is 0 Å². The van der Waals surface area contributed by atoms with Gasteiger partial charge in [0.15, 0.2) is 0 Å². The van der Waals surface area contributed by atoms with Crippen molar-refractivity contribution in [1.29, 1.82) is 0 Å². The van der Waals surface area contributed by atoms with Crippen LogP contribution in [0.3, 0.4) is 0 Å². The molecule has 1 fully saturated rings. The highest BCUT2D eigenvalue weighted by atomic mass is 79.9. The average molecular weight is 296 g/mol. The fourth-order valence-corrected chi connectivity index (χ4v) is 4.10. The molecule has 1 aliphatic rings. The van der Waals surface area contributed by atoms with Crippen molar-refractivity contribution in [1.82, 2.24) is 0 Å². The molecule has 1 heterocycles. The van der Waals surface area contributed by atoms with Crippen LogP contribution in [0, 0.1) is 0 Å². The molecule has 78 valence electrons.